The lowest BCUT2D eigenvalue weighted by atomic mass is 9.75. The number of amides is 1. The summed E-state index contributed by atoms with van der Waals surface area (Å²) in [5.41, 5.74) is 5.99. The Bertz CT molecular complexity index is 265. The molecule has 0 bridgehead atoms. The molecule has 1 aliphatic carbocycles. The predicted molar refractivity (Wildman–Crippen MR) is 73.3 cm³/mol. The molecule has 1 saturated carbocycles. The average Bonchev–Trinajstić information content (AvgIpc) is 2.34. The van der Waals surface area contributed by atoms with Crippen LogP contribution in [0.2, 0.25) is 0 Å². The second-order valence-electron chi connectivity index (χ2n) is 6.20. The monoisotopic (exact) mass is 256 g/mol. The Morgan fingerprint density at radius 3 is 2.44 bits per heavy atom. The molecule has 1 aliphatic rings. The van der Waals surface area contributed by atoms with Gasteiger partial charge in [-0.05, 0) is 31.1 Å². The van der Waals surface area contributed by atoms with Crippen molar-refractivity contribution in [1.29, 1.82) is 0 Å². The summed E-state index contributed by atoms with van der Waals surface area (Å²) in [6.07, 6.45) is 4.84. The van der Waals surface area contributed by atoms with Crippen molar-refractivity contribution in [3.63, 3.8) is 0 Å². The highest BCUT2D eigenvalue weighted by atomic mass is 16.5. The van der Waals surface area contributed by atoms with E-state index in [-0.39, 0.29) is 12.0 Å². The molecular formula is C14H28N2O2. The Hall–Kier alpha value is -0.610. The van der Waals surface area contributed by atoms with E-state index >= 15 is 0 Å². The van der Waals surface area contributed by atoms with Gasteiger partial charge in [-0.1, -0.05) is 13.8 Å². The van der Waals surface area contributed by atoms with Gasteiger partial charge in [0.05, 0.1) is 12.5 Å². The van der Waals surface area contributed by atoms with E-state index in [9.17, 15) is 4.79 Å². The molecule has 18 heavy (non-hydrogen) atoms. The number of rotatable bonds is 5. The fourth-order valence-electron chi connectivity index (χ4n) is 2.58. The van der Waals surface area contributed by atoms with E-state index in [0.717, 1.165) is 12.8 Å². The van der Waals surface area contributed by atoms with Gasteiger partial charge >= 0.3 is 0 Å². The maximum Gasteiger partial charge on any atom is 0.225 e. The minimum absolute atomic E-state index is 0.150. The van der Waals surface area contributed by atoms with Crippen LogP contribution in [0.25, 0.3) is 0 Å². The highest BCUT2D eigenvalue weighted by Crippen LogP contribution is 2.36. The minimum atomic E-state index is -0.153. The van der Waals surface area contributed by atoms with Gasteiger partial charge in [0.15, 0.2) is 0 Å². The highest BCUT2D eigenvalue weighted by Gasteiger charge is 2.30. The molecule has 2 N–H and O–H groups in total. The number of carbonyl (C=O) groups is 1. The van der Waals surface area contributed by atoms with Gasteiger partial charge in [0.25, 0.3) is 0 Å². The maximum absolute atomic E-state index is 12.1. The summed E-state index contributed by atoms with van der Waals surface area (Å²) in [5, 5.41) is 0. The Morgan fingerprint density at radius 1 is 1.44 bits per heavy atom. The second-order valence-corrected chi connectivity index (χ2v) is 6.20. The number of hydrogen-bond donors (Lipinski definition) is 1. The van der Waals surface area contributed by atoms with Crippen LogP contribution in [0.15, 0.2) is 0 Å². The van der Waals surface area contributed by atoms with Gasteiger partial charge in [-0.25, -0.2) is 0 Å². The van der Waals surface area contributed by atoms with Crippen LogP contribution in [0.5, 0.6) is 0 Å². The third-order valence-electron chi connectivity index (χ3n) is 4.25. The molecule has 1 fully saturated rings. The second kappa shape index (κ2) is 6.53. The van der Waals surface area contributed by atoms with Crippen molar-refractivity contribution in [2.75, 3.05) is 20.7 Å². The van der Waals surface area contributed by atoms with Gasteiger partial charge in [0, 0.05) is 26.7 Å². The van der Waals surface area contributed by atoms with Crippen molar-refractivity contribution < 1.29 is 9.53 Å². The third-order valence-corrected chi connectivity index (χ3v) is 4.25. The van der Waals surface area contributed by atoms with Crippen molar-refractivity contribution in [2.24, 2.45) is 11.1 Å². The van der Waals surface area contributed by atoms with E-state index in [1.807, 2.05) is 11.9 Å². The highest BCUT2D eigenvalue weighted by molar-refractivity contribution is 5.76. The fourth-order valence-corrected chi connectivity index (χ4v) is 2.58. The first kappa shape index (κ1) is 15.4. The molecule has 1 rings (SSSR count). The van der Waals surface area contributed by atoms with E-state index in [0.29, 0.717) is 24.4 Å². The van der Waals surface area contributed by atoms with E-state index in [4.69, 9.17) is 10.5 Å². The lowest BCUT2D eigenvalue weighted by Gasteiger charge is -2.38. The molecule has 0 aromatic heterocycles. The quantitative estimate of drug-likeness (QED) is 0.815. The zero-order valence-corrected chi connectivity index (χ0v) is 12.2. The molecule has 1 unspecified atom stereocenters. The Balaban J connectivity index is 2.44. The maximum atomic E-state index is 12.1. The molecule has 0 radical (unpaired) electrons. The number of hydrogen-bond acceptors (Lipinski definition) is 3. The summed E-state index contributed by atoms with van der Waals surface area (Å²) in [6, 6.07) is 0.390. The van der Waals surface area contributed by atoms with Gasteiger partial charge in [0.1, 0.15) is 0 Å². The minimum Gasteiger partial charge on any atom is -0.380 e. The standard InChI is InChI=1S/C14H28N2O2/c1-14(2)7-5-11(6-8-14)16(3)13(17)9-12(10-15)18-4/h11-12H,5-10,15H2,1-4H3. The van der Waals surface area contributed by atoms with Gasteiger partial charge in [-0.3, -0.25) is 4.79 Å². The van der Waals surface area contributed by atoms with Crippen LogP contribution in [0.4, 0.5) is 0 Å². The lowest BCUT2D eigenvalue weighted by molar-refractivity contribution is -0.135. The molecular weight excluding hydrogens is 228 g/mol. The number of nitrogens with two attached hydrogens (primary N) is 1. The largest absolute Gasteiger partial charge is 0.380 e. The number of carbonyl (C=O) groups excluding carboxylic acids is 1. The summed E-state index contributed by atoms with van der Waals surface area (Å²) in [7, 11) is 3.52. The molecule has 0 saturated heterocycles. The van der Waals surface area contributed by atoms with Gasteiger partial charge < -0.3 is 15.4 Å². The number of methoxy groups -OCH3 is 1. The van der Waals surface area contributed by atoms with Crippen LogP contribution in [0.3, 0.4) is 0 Å². The van der Waals surface area contributed by atoms with Gasteiger partial charge in [0.2, 0.25) is 5.91 Å². The molecule has 1 atom stereocenters. The zero-order chi connectivity index (χ0) is 13.8. The first-order valence-electron chi connectivity index (χ1n) is 6.88. The van der Waals surface area contributed by atoms with E-state index in [2.05, 4.69) is 13.8 Å². The summed E-state index contributed by atoms with van der Waals surface area (Å²) < 4.78 is 5.17. The van der Waals surface area contributed by atoms with Crippen molar-refractivity contribution in [2.45, 2.75) is 58.1 Å². The van der Waals surface area contributed by atoms with Crippen LogP contribution in [0.1, 0.15) is 46.0 Å². The van der Waals surface area contributed by atoms with E-state index in [1.165, 1.54) is 12.8 Å². The fraction of sp³-hybridized carbons (Fsp3) is 0.929. The van der Waals surface area contributed by atoms with Gasteiger partial charge in [-0.2, -0.15) is 0 Å². The zero-order valence-electron chi connectivity index (χ0n) is 12.2. The first-order chi connectivity index (χ1) is 8.39. The average molecular weight is 256 g/mol. The van der Waals surface area contributed by atoms with Crippen molar-refractivity contribution >= 4 is 5.91 Å². The van der Waals surface area contributed by atoms with Crippen LogP contribution < -0.4 is 5.73 Å². The molecule has 0 spiro atoms. The van der Waals surface area contributed by atoms with Gasteiger partial charge in [-0.15, -0.1) is 0 Å². The third kappa shape index (κ3) is 4.25. The SMILES string of the molecule is COC(CN)CC(=O)N(C)C1CCC(C)(C)CC1. The summed E-state index contributed by atoms with van der Waals surface area (Å²) in [6.45, 7) is 5.01. The normalized spacial score (nSPS) is 21.6. The Labute approximate surface area is 111 Å². The molecule has 1 amide bonds. The van der Waals surface area contributed by atoms with E-state index < -0.39 is 0 Å². The molecule has 106 valence electrons. The first-order valence-corrected chi connectivity index (χ1v) is 6.88. The Kier molecular flexibility index (Phi) is 5.60. The van der Waals surface area contributed by atoms with Crippen LogP contribution in [0, 0.1) is 5.41 Å². The van der Waals surface area contributed by atoms with Crippen molar-refractivity contribution in [1.82, 2.24) is 4.90 Å². The number of ether oxygens (including phenoxy) is 1. The smallest absolute Gasteiger partial charge is 0.225 e. The van der Waals surface area contributed by atoms with Crippen molar-refractivity contribution in [3.05, 3.63) is 0 Å². The molecule has 4 heteroatoms. The Morgan fingerprint density at radius 2 is 2.00 bits per heavy atom. The topological polar surface area (TPSA) is 55.6 Å². The van der Waals surface area contributed by atoms with Crippen LogP contribution in [-0.2, 0) is 9.53 Å². The predicted octanol–water partition coefficient (Wildman–Crippen LogP) is 1.78. The summed E-state index contributed by atoms with van der Waals surface area (Å²) in [5.74, 6) is 0.150. The van der Waals surface area contributed by atoms with Crippen molar-refractivity contribution in [3.8, 4) is 0 Å². The van der Waals surface area contributed by atoms with Crippen LogP contribution in [-0.4, -0.2) is 43.7 Å². The van der Waals surface area contributed by atoms with E-state index in [1.54, 1.807) is 7.11 Å². The summed E-state index contributed by atoms with van der Waals surface area (Å²) in [4.78, 5) is 14.0. The number of nitrogens with zero attached hydrogens (tertiary/aromatic N) is 1. The molecule has 0 aliphatic heterocycles. The molecule has 0 aromatic carbocycles. The molecule has 0 aromatic rings. The molecule has 0 heterocycles. The molecule has 4 nitrogen and oxygen atoms in total. The van der Waals surface area contributed by atoms with Crippen LogP contribution >= 0.6 is 0 Å². The summed E-state index contributed by atoms with van der Waals surface area (Å²) >= 11 is 0. The lowest BCUT2D eigenvalue weighted by Crippen LogP contribution is -2.42.